The summed E-state index contributed by atoms with van der Waals surface area (Å²) < 4.78 is 17.6. The first kappa shape index (κ1) is 33.8. The molecule has 3 aromatic rings. The number of aromatic nitrogens is 1. The number of carbonyl (C=O) groups is 2. The summed E-state index contributed by atoms with van der Waals surface area (Å²) in [6.07, 6.45) is 11.8. The number of hydrogen-bond donors (Lipinski definition) is 2. The number of amides is 2. The van der Waals surface area contributed by atoms with Crippen LogP contribution < -0.4 is 15.8 Å². The first-order valence-electron chi connectivity index (χ1n) is 15.7. The van der Waals surface area contributed by atoms with E-state index in [-0.39, 0.29) is 18.1 Å². The number of methoxy groups -OCH3 is 1. The highest BCUT2D eigenvalue weighted by atomic mass is 35.5. The molecule has 5 rings (SSSR count). The molecule has 1 aliphatic heterocycles. The summed E-state index contributed by atoms with van der Waals surface area (Å²) in [5.74, 6) is 0.504. The second kappa shape index (κ2) is 15.3. The highest BCUT2D eigenvalue weighted by Crippen LogP contribution is 2.38. The van der Waals surface area contributed by atoms with Gasteiger partial charge in [-0.1, -0.05) is 47.5 Å². The summed E-state index contributed by atoms with van der Waals surface area (Å²) in [4.78, 5) is 31.7. The summed E-state index contributed by atoms with van der Waals surface area (Å²) in [7, 11) is 1.61. The lowest BCUT2D eigenvalue weighted by Crippen LogP contribution is -2.42. The molecule has 0 saturated carbocycles. The zero-order chi connectivity index (χ0) is 33.4. The number of rotatable bonds is 11. The SMILES string of the molecule is COC(CCOc1ccc([C@H]2C=C(c3cc(C)ccc3N)CCN2C(=O)O[C@]2(C)C=CC(Cl)=CC2)cc1)CNC(=O)c1ccncc1. The molecule has 1 aliphatic carbocycles. The van der Waals surface area contributed by atoms with E-state index in [4.69, 9.17) is 31.5 Å². The van der Waals surface area contributed by atoms with E-state index in [0.29, 0.717) is 61.0 Å². The van der Waals surface area contributed by atoms with Crippen molar-refractivity contribution in [2.24, 2.45) is 0 Å². The molecule has 1 unspecified atom stereocenters. The highest BCUT2D eigenvalue weighted by molar-refractivity contribution is 6.31. The van der Waals surface area contributed by atoms with Crippen LogP contribution in [0.5, 0.6) is 5.75 Å². The van der Waals surface area contributed by atoms with E-state index in [1.54, 1.807) is 42.6 Å². The van der Waals surface area contributed by atoms with Crippen molar-refractivity contribution >= 4 is 34.9 Å². The number of nitrogens with zero attached hydrogens (tertiary/aromatic N) is 2. The van der Waals surface area contributed by atoms with E-state index in [9.17, 15) is 9.59 Å². The van der Waals surface area contributed by atoms with Gasteiger partial charge in [-0.15, -0.1) is 0 Å². The van der Waals surface area contributed by atoms with Gasteiger partial charge in [0.15, 0.2) is 0 Å². The maximum Gasteiger partial charge on any atom is 0.411 e. The number of pyridine rings is 1. The number of nitrogens with two attached hydrogens (primary N) is 1. The van der Waals surface area contributed by atoms with Crippen molar-refractivity contribution in [1.29, 1.82) is 0 Å². The molecule has 246 valence electrons. The lowest BCUT2D eigenvalue weighted by atomic mass is 9.91. The Bertz CT molecular complexity index is 1660. The summed E-state index contributed by atoms with van der Waals surface area (Å²) in [6.45, 7) is 5.13. The van der Waals surface area contributed by atoms with E-state index < -0.39 is 11.7 Å². The fraction of sp³-hybridized carbons (Fsp3) is 0.324. The van der Waals surface area contributed by atoms with Gasteiger partial charge in [-0.05, 0) is 80.0 Å². The quantitative estimate of drug-likeness (QED) is 0.214. The molecule has 0 spiro atoms. The molecule has 47 heavy (non-hydrogen) atoms. The maximum absolute atomic E-state index is 13.7. The Hall–Kier alpha value is -4.60. The van der Waals surface area contributed by atoms with Crippen LogP contribution in [0.15, 0.2) is 96.3 Å². The first-order valence-corrected chi connectivity index (χ1v) is 16.1. The second-order valence-electron chi connectivity index (χ2n) is 12.0. The summed E-state index contributed by atoms with van der Waals surface area (Å²) >= 11 is 6.12. The third kappa shape index (κ3) is 8.81. The smallest absolute Gasteiger partial charge is 0.411 e. The Morgan fingerprint density at radius 1 is 1.15 bits per heavy atom. The molecular formula is C37H41ClN4O5. The van der Waals surface area contributed by atoms with Gasteiger partial charge >= 0.3 is 6.09 Å². The van der Waals surface area contributed by atoms with Gasteiger partial charge in [0.05, 0.1) is 18.8 Å². The van der Waals surface area contributed by atoms with Crippen molar-refractivity contribution in [3.8, 4) is 5.75 Å². The number of anilines is 1. The van der Waals surface area contributed by atoms with Crippen LogP contribution in [-0.2, 0) is 9.47 Å². The normalized spacial score (nSPS) is 19.7. The molecule has 3 atom stereocenters. The third-order valence-electron chi connectivity index (χ3n) is 8.42. The van der Waals surface area contributed by atoms with Gasteiger partial charge in [-0.3, -0.25) is 14.7 Å². The fourth-order valence-corrected chi connectivity index (χ4v) is 5.75. The number of aryl methyl sites for hydroxylation is 1. The molecule has 2 heterocycles. The molecule has 2 aliphatic rings. The average molecular weight is 657 g/mol. The first-order chi connectivity index (χ1) is 22.6. The van der Waals surface area contributed by atoms with Crippen LogP contribution in [0.25, 0.3) is 5.57 Å². The molecule has 0 saturated heterocycles. The topological polar surface area (TPSA) is 116 Å². The minimum Gasteiger partial charge on any atom is -0.493 e. The number of nitrogens with one attached hydrogen (secondary N) is 1. The lowest BCUT2D eigenvalue weighted by molar-refractivity contribution is 0.0259. The largest absolute Gasteiger partial charge is 0.493 e. The molecule has 10 heteroatoms. The van der Waals surface area contributed by atoms with Gasteiger partial charge in [0.1, 0.15) is 11.4 Å². The van der Waals surface area contributed by atoms with Crippen molar-refractivity contribution in [1.82, 2.24) is 15.2 Å². The Kier molecular flexibility index (Phi) is 11.0. The van der Waals surface area contributed by atoms with Gasteiger partial charge in [-0.25, -0.2) is 4.79 Å². The monoisotopic (exact) mass is 656 g/mol. The molecule has 2 aromatic carbocycles. The number of ether oxygens (including phenoxy) is 3. The lowest BCUT2D eigenvalue weighted by Gasteiger charge is -2.37. The molecule has 1 aromatic heterocycles. The number of halogens is 1. The zero-order valence-electron chi connectivity index (χ0n) is 26.9. The van der Waals surface area contributed by atoms with Gasteiger partial charge < -0.3 is 25.3 Å². The predicted molar refractivity (Wildman–Crippen MR) is 184 cm³/mol. The van der Waals surface area contributed by atoms with E-state index in [1.807, 2.05) is 62.4 Å². The minimum absolute atomic E-state index is 0.181. The second-order valence-corrected chi connectivity index (χ2v) is 12.4. The van der Waals surface area contributed by atoms with Crippen molar-refractivity contribution in [3.05, 3.63) is 119 Å². The fourth-order valence-electron chi connectivity index (χ4n) is 5.61. The molecular weight excluding hydrogens is 616 g/mol. The summed E-state index contributed by atoms with van der Waals surface area (Å²) in [5, 5.41) is 3.52. The van der Waals surface area contributed by atoms with Gasteiger partial charge in [-0.2, -0.15) is 0 Å². The molecule has 3 N–H and O–H groups in total. The standard InChI is InChI=1S/C37H41ClN4O5/c1-25-4-9-33(39)32(22-25)28-14-20-42(36(44)47-37(2)16-10-29(38)11-17-37)34(23-28)26-5-7-30(8-6-26)46-21-15-31(45-3)24-41-35(43)27-12-18-40-19-13-27/h4-13,16,18-19,22-23,31,34H,14-15,17,20-21,24,39H2,1-3H3,(H,41,43)/t31?,34-,37-/m1/s1. The third-order valence-corrected chi connectivity index (χ3v) is 8.70. The van der Waals surface area contributed by atoms with Crippen LogP contribution in [0.2, 0.25) is 0 Å². The van der Waals surface area contributed by atoms with E-state index >= 15 is 0 Å². The van der Waals surface area contributed by atoms with Crippen LogP contribution in [0.4, 0.5) is 10.5 Å². The van der Waals surface area contributed by atoms with Crippen LogP contribution >= 0.6 is 11.6 Å². The van der Waals surface area contributed by atoms with E-state index in [0.717, 1.165) is 22.3 Å². The van der Waals surface area contributed by atoms with Crippen LogP contribution in [0, 0.1) is 6.92 Å². The number of allylic oxidation sites excluding steroid dienone is 2. The number of benzene rings is 2. The van der Waals surface area contributed by atoms with Gasteiger partial charge in [0, 0.05) is 67.3 Å². The summed E-state index contributed by atoms with van der Waals surface area (Å²) in [5.41, 5.74) is 10.9. The van der Waals surface area contributed by atoms with Crippen molar-refractivity contribution in [2.45, 2.75) is 50.9 Å². The van der Waals surface area contributed by atoms with Gasteiger partial charge in [0.2, 0.25) is 0 Å². The van der Waals surface area contributed by atoms with Crippen molar-refractivity contribution in [2.75, 3.05) is 32.5 Å². The molecule has 9 nitrogen and oxygen atoms in total. The van der Waals surface area contributed by atoms with Crippen LogP contribution in [0.3, 0.4) is 0 Å². The van der Waals surface area contributed by atoms with Crippen LogP contribution in [0.1, 0.15) is 59.3 Å². The van der Waals surface area contributed by atoms with Crippen molar-refractivity contribution < 1.29 is 23.8 Å². The predicted octanol–water partition coefficient (Wildman–Crippen LogP) is 6.99. The van der Waals surface area contributed by atoms with Gasteiger partial charge in [0.25, 0.3) is 5.91 Å². The average Bonchev–Trinajstić information content (AvgIpc) is 3.09. The number of hydrogen-bond acceptors (Lipinski definition) is 7. The van der Waals surface area contributed by atoms with E-state index in [2.05, 4.69) is 22.4 Å². The number of carbonyl (C=O) groups excluding carboxylic acids is 2. The Morgan fingerprint density at radius 2 is 1.91 bits per heavy atom. The maximum atomic E-state index is 13.7. The molecule has 2 amide bonds. The molecule has 0 fully saturated rings. The van der Waals surface area contributed by atoms with E-state index in [1.165, 1.54) is 0 Å². The zero-order valence-corrected chi connectivity index (χ0v) is 27.7. The Balaban J connectivity index is 1.26. The Labute approximate surface area is 281 Å². The molecule has 0 bridgehead atoms. The Morgan fingerprint density at radius 3 is 2.62 bits per heavy atom. The number of nitrogen functional groups attached to an aromatic ring is 1. The van der Waals surface area contributed by atoms with Crippen molar-refractivity contribution in [3.63, 3.8) is 0 Å². The molecule has 0 radical (unpaired) electrons. The highest BCUT2D eigenvalue weighted by Gasteiger charge is 2.34. The van der Waals surface area contributed by atoms with Crippen LogP contribution in [-0.4, -0.2) is 60.4 Å². The minimum atomic E-state index is -0.787. The summed E-state index contributed by atoms with van der Waals surface area (Å²) in [6, 6.07) is 16.7.